The Labute approximate surface area is 100 Å². The monoisotopic (exact) mass is 232 g/mol. The first-order valence-corrected chi connectivity index (χ1v) is 5.57. The molecule has 2 heterocycles. The second-order valence-electron chi connectivity index (χ2n) is 4.04. The normalized spacial score (nSPS) is 20.0. The van der Waals surface area contributed by atoms with Crippen LogP contribution in [-0.4, -0.2) is 34.3 Å². The van der Waals surface area contributed by atoms with Crippen LogP contribution in [-0.2, 0) is 4.79 Å². The van der Waals surface area contributed by atoms with E-state index in [0.29, 0.717) is 6.54 Å². The first kappa shape index (κ1) is 11.4. The van der Waals surface area contributed by atoms with Gasteiger partial charge in [0.25, 0.3) is 5.91 Å². The predicted octanol–water partition coefficient (Wildman–Crippen LogP) is 1.03. The lowest BCUT2D eigenvalue weighted by Gasteiger charge is -2.27. The van der Waals surface area contributed by atoms with Crippen LogP contribution in [0, 0.1) is 6.92 Å². The van der Waals surface area contributed by atoms with Crippen molar-refractivity contribution in [1.29, 1.82) is 0 Å². The van der Waals surface area contributed by atoms with Crippen molar-refractivity contribution in [1.82, 2.24) is 14.9 Å². The van der Waals surface area contributed by atoms with Crippen LogP contribution in [0.3, 0.4) is 0 Å². The lowest BCUT2D eigenvalue weighted by atomic mass is 10.2. The topological polar surface area (TPSA) is 49.6 Å². The third-order valence-electron chi connectivity index (χ3n) is 2.83. The van der Waals surface area contributed by atoms with Gasteiger partial charge in [0.15, 0.2) is 0 Å². The molecule has 5 nitrogen and oxygen atoms in total. The van der Waals surface area contributed by atoms with E-state index in [2.05, 4.69) is 10.5 Å². The zero-order valence-electron chi connectivity index (χ0n) is 10.00. The number of aryl methyl sites for hydroxylation is 1. The zero-order chi connectivity index (χ0) is 12.3. The molecule has 2 rings (SSSR count). The number of nitrogens with zero attached hydrogens (tertiary/aromatic N) is 3. The SMILES string of the molecule is Cc1cccn1C=CCN1C=NNC(=O)C1C. The Bertz CT molecular complexity index is 461. The minimum atomic E-state index is -0.178. The van der Waals surface area contributed by atoms with Crippen LogP contribution >= 0.6 is 0 Å². The lowest BCUT2D eigenvalue weighted by molar-refractivity contribution is -0.125. The van der Waals surface area contributed by atoms with Crippen LogP contribution < -0.4 is 5.43 Å². The highest BCUT2D eigenvalue weighted by Gasteiger charge is 2.20. The van der Waals surface area contributed by atoms with Gasteiger partial charge in [-0.2, -0.15) is 5.10 Å². The van der Waals surface area contributed by atoms with Crippen molar-refractivity contribution >= 4 is 18.4 Å². The maximum absolute atomic E-state index is 11.4. The fourth-order valence-electron chi connectivity index (χ4n) is 1.64. The third-order valence-corrected chi connectivity index (χ3v) is 2.83. The van der Waals surface area contributed by atoms with Crippen molar-refractivity contribution in [2.75, 3.05) is 6.54 Å². The Balaban J connectivity index is 1.96. The molecule has 0 saturated heterocycles. The number of aromatic nitrogens is 1. The number of hydrogen-bond acceptors (Lipinski definition) is 3. The van der Waals surface area contributed by atoms with E-state index in [4.69, 9.17) is 0 Å². The van der Waals surface area contributed by atoms with Gasteiger partial charge in [-0.15, -0.1) is 0 Å². The number of hydrogen-bond donors (Lipinski definition) is 1. The van der Waals surface area contributed by atoms with Crippen molar-refractivity contribution in [3.63, 3.8) is 0 Å². The van der Waals surface area contributed by atoms with Crippen molar-refractivity contribution < 1.29 is 4.79 Å². The minimum Gasteiger partial charge on any atom is -0.346 e. The van der Waals surface area contributed by atoms with Gasteiger partial charge in [0, 0.05) is 24.6 Å². The van der Waals surface area contributed by atoms with Gasteiger partial charge in [-0.05, 0) is 32.1 Å². The first-order chi connectivity index (χ1) is 8.18. The van der Waals surface area contributed by atoms with Crippen molar-refractivity contribution in [2.24, 2.45) is 5.10 Å². The third kappa shape index (κ3) is 2.55. The van der Waals surface area contributed by atoms with Gasteiger partial charge >= 0.3 is 0 Å². The second kappa shape index (κ2) is 4.86. The Morgan fingerprint density at radius 1 is 1.59 bits per heavy atom. The maximum Gasteiger partial charge on any atom is 0.262 e. The predicted molar refractivity (Wildman–Crippen MR) is 67.3 cm³/mol. The molecule has 1 amide bonds. The molecule has 5 heteroatoms. The molecule has 0 fully saturated rings. The van der Waals surface area contributed by atoms with Gasteiger partial charge in [0.05, 0.1) is 0 Å². The fourth-order valence-corrected chi connectivity index (χ4v) is 1.64. The molecular formula is C12H16N4O. The number of carbonyl (C=O) groups excluding carboxylic acids is 1. The Hall–Kier alpha value is -2.04. The van der Waals surface area contributed by atoms with Crippen LogP contribution in [0.15, 0.2) is 29.5 Å². The van der Waals surface area contributed by atoms with E-state index in [1.807, 2.05) is 53.9 Å². The Kier molecular flexibility index (Phi) is 3.27. The van der Waals surface area contributed by atoms with E-state index in [1.165, 1.54) is 5.69 Å². The van der Waals surface area contributed by atoms with E-state index in [1.54, 1.807) is 6.34 Å². The molecule has 0 radical (unpaired) electrons. The van der Waals surface area contributed by atoms with Crippen LogP contribution in [0.2, 0.25) is 0 Å². The molecule has 0 bridgehead atoms. The van der Waals surface area contributed by atoms with Crippen LogP contribution in [0.25, 0.3) is 6.20 Å². The summed E-state index contributed by atoms with van der Waals surface area (Å²) < 4.78 is 2.03. The Morgan fingerprint density at radius 3 is 3.12 bits per heavy atom. The molecule has 1 N–H and O–H groups in total. The van der Waals surface area contributed by atoms with Gasteiger partial charge in [-0.1, -0.05) is 0 Å². The van der Waals surface area contributed by atoms with Gasteiger partial charge in [0.2, 0.25) is 0 Å². The summed E-state index contributed by atoms with van der Waals surface area (Å²) >= 11 is 0. The summed E-state index contributed by atoms with van der Waals surface area (Å²) in [6.45, 7) is 4.56. The van der Waals surface area contributed by atoms with Crippen molar-refractivity contribution in [3.05, 3.63) is 30.1 Å². The maximum atomic E-state index is 11.4. The van der Waals surface area contributed by atoms with Gasteiger partial charge in [-0.25, -0.2) is 5.43 Å². The van der Waals surface area contributed by atoms with Crippen molar-refractivity contribution in [3.8, 4) is 0 Å². The number of nitrogens with one attached hydrogen (secondary N) is 1. The summed E-state index contributed by atoms with van der Waals surface area (Å²) in [5.74, 6) is -0.0713. The minimum absolute atomic E-state index is 0.0713. The summed E-state index contributed by atoms with van der Waals surface area (Å²) in [5.41, 5.74) is 3.61. The average molecular weight is 232 g/mol. The van der Waals surface area contributed by atoms with E-state index in [-0.39, 0.29) is 11.9 Å². The number of amides is 1. The summed E-state index contributed by atoms with van der Waals surface area (Å²) in [6.07, 6.45) is 7.64. The quantitative estimate of drug-likeness (QED) is 0.846. The number of rotatable bonds is 3. The van der Waals surface area contributed by atoms with Gasteiger partial charge in [0.1, 0.15) is 12.4 Å². The molecule has 0 aromatic carbocycles. The molecule has 0 spiro atoms. The molecule has 1 aliphatic rings. The molecule has 0 saturated carbocycles. The summed E-state index contributed by atoms with van der Waals surface area (Å²) in [6, 6.07) is 3.86. The Morgan fingerprint density at radius 2 is 2.41 bits per heavy atom. The highest BCUT2D eigenvalue weighted by atomic mass is 16.2. The van der Waals surface area contributed by atoms with E-state index in [9.17, 15) is 4.79 Å². The molecule has 90 valence electrons. The molecule has 0 aliphatic carbocycles. The second-order valence-corrected chi connectivity index (χ2v) is 4.04. The van der Waals surface area contributed by atoms with E-state index in [0.717, 1.165) is 0 Å². The first-order valence-electron chi connectivity index (χ1n) is 5.57. The van der Waals surface area contributed by atoms with Crippen LogP contribution in [0.4, 0.5) is 0 Å². The largest absolute Gasteiger partial charge is 0.346 e. The standard InChI is InChI=1S/C12H16N4O/c1-10-5-3-6-15(10)7-4-8-16-9-13-14-12(17)11(16)2/h3-7,9,11H,8H2,1-2H3,(H,14,17). The van der Waals surface area contributed by atoms with E-state index < -0.39 is 0 Å². The highest BCUT2D eigenvalue weighted by Crippen LogP contribution is 2.03. The molecule has 17 heavy (non-hydrogen) atoms. The molecule has 1 atom stereocenters. The molecular weight excluding hydrogens is 216 g/mol. The smallest absolute Gasteiger partial charge is 0.262 e. The highest BCUT2D eigenvalue weighted by molar-refractivity contribution is 5.86. The molecule has 1 unspecified atom stereocenters. The molecule has 1 aromatic heterocycles. The molecule has 1 aromatic rings. The molecule has 1 aliphatic heterocycles. The van der Waals surface area contributed by atoms with Gasteiger partial charge in [-0.3, -0.25) is 4.79 Å². The fraction of sp³-hybridized carbons (Fsp3) is 0.333. The lowest BCUT2D eigenvalue weighted by Crippen LogP contribution is -2.47. The van der Waals surface area contributed by atoms with Crippen LogP contribution in [0.5, 0.6) is 0 Å². The number of hydrazone groups is 1. The van der Waals surface area contributed by atoms with Crippen molar-refractivity contribution in [2.45, 2.75) is 19.9 Å². The number of carbonyl (C=O) groups is 1. The van der Waals surface area contributed by atoms with Gasteiger partial charge < -0.3 is 9.47 Å². The summed E-state index contributed by atoms with van der Waals surface area (Å²) in [4.78, 5) is 13.2. The zero-order valence-corrected chi connectivity index (χ0v) is 10.00. The summed E-state index contributed by atoms with van der Waals surface area (Å²) in [5, 5.41) is 3.78. The van der Waals surface area contributed by atoms with E-state index >= 15 is 0 Å². The summed E-state index contributed by atoms with van der Waals surface area (Å²) in [7, 11) is 0. The van der Waals surface area contributed by atoms with Crippen LogP contribution in [0.1, 0.15) is 12.6 Å². The average Bonchev–Trinajstić information content (AvgIpc) is 2.71.